The molecule has 7 heteroatoms. The Morgan fingerprint density at radius 1 is 1.26 bits per heavy atom. The average molecular weight is 326 g/mol. The molecular formula is C12H12BrN3O3. The number of ether oxygens (including phenoxy) is 1. The number of carbonyl (C=O) groups excluding carboxylic acids is 1. The summed E-state index contributed by atoms with van der Waals surface area (Å²) in [4.78, 5) is 16.7. The highest BCUT2D eigenvalue weighted by Gasteiger charge is 2.21. The predicted molar refractivity (Wildman–Crippen MR) is 73.5 cm³/mol. The first kappa shape index (κ1) is 12.3. The number of nitrogens with zero attached hydrogens (tertiary/aromatic N) is 1. The zero-order valence-electron chi connectivity index (χ0n) is 10.0. The van der Waals surface area contributed by atoms with Crippen LogP contribution < -0.4 is 15.4 Å². The van der Waals surface area contributed by atoms with Gasteiger partial charge in [-0.25, -0.2) is 4.79 Å². The lowest BCUT2D eigenvalue weighted by Crippen LogP contribution is -2.33. The van der Waals surface area contributed by atoms with E-state index in [4.69, 9.17) is 9.57 Å². The van der Waals surface area contributed by atoms with Crippen molar-refractivity contribution in [3.8, 4) is 5.75 Å². The summed E-state index contributed by atoms with van der Waals surface area (Å²) in [5.41, 5.74) is 1.77. The van der Waals surface area contributed by atoms with E-state index in [1.54, 1.807) is 0 Å². The number of benzene rings is 1. The van der Waals surface area contributed by atoms with Gasteiger partial charge in [-0.3, -0.25) is 5.32 Å². The van der Waals surface area contributed by atoms with Crippen LogP contribution in [0.3, 0.4) is 0 Å². The van der Waals surface area contributed by atoms with E-state index in [9.17, 15) is 4.79 Å². The second kappa shape index (κ2) is 5.08. The van der Waals surface area contributed by atoms with E-state index in [0.717, 1.165) is 27.9 Å². The van der Waals surface area contributed by atoms with Crippen molar-refractivity contribution in [2.75, 3.05) is 18.5 Å². The average Bonchev–Trinajstić information content (AvgIpc) is 3.03. The second-order valence-corrected chi connectivity index (χ2v) is 5.06. The summed E-state index contributed by atoms with van der Waals surface area (Å²) in [7, 11) is 0. The molecule has 2 heterocycles. The third kappa shape index (κ3) is 2.51. The van der Waals surface area contributed by atoms with E-state index in [0.29, 0.717) is 25.5 Å². The number of amidine groups is 1. The molecule has 0 atom stereocenters. The van der Waals surface area contributed by atoms with Crippen molar-refractivity contribution in [1.82, 2.24) is 5.32 Å². The fourth-order valence-electron chi connectivity index (χ4n) is 2.06. The Labute approximate surface area is 118 Å². The molecule has 0 unspecified atom stereocenters. The van der Waals surface area contributed by atoms with E-state index in [2.05, 4.69) is 31.7 Å². The Morgan fingerprint density at radius 2 is 2.16 bits per heavy atom. The van der Waals surface area contributed by atoms with Crippen LogP contribution in [0.15, 0.2) is 21.8 Å². The van der Waals surface area contributed by atoms with Crippen molar-refractivity contribution in [3.05, 3.63) is 22.2 Å². The van der Waals surface area contributed by atoms with E-state index >= 15 is 0 Å². The maximum atomic E-state index is 11.8. The number of fused-ring (bicyclic) bond motifs is 1. The molecule has 19 heavy (non-hydrogen) atoms. The Balaban J connectivity index is 1.73. The minimum Gasteiger partial charge on any atom is -0.492 e. The maximum Gasteiger partial charge on any atom is 0.324 e. The molecule has 0 aromatic heterocycles. The molecule has 0 saturated carbocycles. The van der Waals surface area contributed by atoms with E-state index in [-0.39, 0.29) is 6.03 Å². The van der Waals surface area contributed by atoms with Crippen molar-refractivity contribution in [2.45, 2.75) is 12.8 Å². The van der Waals surface area contributed by atoms with Gasteiger partial charge in [0.2, 0.25) is 0 Å². The molecule has 0 bridgehead atoms. The van der Waals surface area contributed by atoms with Gasteiger partial charge in [-0.2, -0.15) is 0 Å². The van der Waals surface area contributed by atoms with Crippen molar-refractivity contribution >= 4 is 33.5 Å². The minimum absolute atomic E-state index is 0.319. The smallest absolute Gasteiger partial charge is 0.324 e. The van der Waals surface area contributed by atoms with Gasteiger partial charge in [0, 0.05) is 24.1 Å². The first-order chi connectivity index (χ1) is 9.24. The molecule has 100 valence electrons. The molecular weight excluding hydrogens is 314 g/mol. The lowest BCUT2D eigenvalue weighted by Gasteiger charge is -2.10. The topological polar surface area (TPSA) is 72.0 Å². The Bertz CT molecular complexity index is 559. The summed E-state index contributed by atoms with van der Waals surface area (Å²) in [6.45, 7) is 1.14. The van der Waals surface area contributed by atoms with Gasteiger partial charge in [0.15, 0.2) is 5.84 Å². The van der Waals surface area contributed by atoms with Crippen LogP contribution in [0, 0.1) is 0 Å². The van der Waals surface area contributed by atoms with Crippen LogP contribution in [0.2, 0.25) is 0 Å². The van der Waals surface area contributed by atoms with Crippen LogP contribution in [-0.2, 0) is 11.3 Å². The molecule has 2 aliphatic rings. The summed E-state index contributed by atoms with van der Waals surface area (Å²) in [6.07, 6.45) is 1.41. The third-order valence-corrected chi connectivity index (χ3v) is 3.55. The van der Waals surface area contributed by atoms with Gasteiger partial charge in [-0.05, 0) is 28.1 Å². The zero-order valence-corrected chi connectivity index (χ0v) is 11.6. The van der Waals surface area contributed by atoms with Crippen LogP contribution in [0.5, 0.6) is 5.75 Å². The van der Waals surface area contributed by atoms with Crippen molar-refractivity contribution in [3.63, 3.8) is 0 Å². The maximum absolute atomic E-state index is 11.8. The largest absolute Gasteiger partial charge is 0.492 e. The number of hydrogen-bond donors (Lipinski definition) is 2. The molecule has 0 aliphatic carbocycles. The number of rotatable bonds is 1. The molecule has 2 amide bonds. The second-order valence-electron chi connectivity index (χ2n) is 4.20. The molecule has 0 fully saturated rings. The van der Waals surface area contributed by atoms with Crippen molar-refractivity contribution in [2.24, 2.45) is 5.16 Å². The first-order valence-corrected chi connectivity index (χ1v) is 6.74. The van der Waals surface area contributed by atoms with Gasteiger partial charge >= 0.3 is 6.03 Å². The molecule has 2 aliphatic heterocycles. The Hall–Kier alpha value is -1.76. The highest BCUT2D eigenvalue weighted by atomic mass is 79.9. The van der Waals surface area contributed by atoms with Crippen molar-refractivity contribution in [1.29, 1.82) is 0 Å². The predicted octanol–water partition coefficient (Wildman–Crippen LogP) is 2.24. The standard InChI is InChI=1S/C12H12BrN3O3/c13-8-1-2-9(7-3-5-18-11(7)8)14-12(17)15-10-4-6-19-16-10/h1-2H,3-6H2,(H2,14,15,16,17). The normalized spacial score (nSPS) is 16.2. The molecule has 3 rings (SSSR count). The molecule has 0 radical (unpaired) electrons. The fraction of sp³-hybridized carbons (Fsp3) is 0.333. The number of anilines is 1. The first-order valence-electron chi connectivity index (χ1n) is 5.95. The molecule has 2 N–H and O–H groups in total. The fourth-order valence-corrected chi connectivity index (χ4v) is 2.54. The molecule has 1 aromatic carbocycles. The van der Waals surface area contributed by atoms with Crippen LogP contribution >= 0.6 is 15.9 Å². The monoisotopic (exact) mass is 325 g/mol. The van der Waals surface area contributed by atoms with Crippen LogP contribution in [0.25, 0.3) is 0 Å². The van der Waals surface area contributed by atoms with Gasteiger partial charge in [-0.1, -0.05) is 5.16 Å². The molecule has 1 aromatic rings. The van der Waals surface area contributed by atoms with E-state index < -0.39 is 0 Å². The quantitative estimate of drug-likeness (QED) is 0.831. The highest BCUT2D eigenvalue weighted by molar-refractivity contribution is 9.10. The van der Waals surface area contributed by atoms with Crippen LogP contribution in [-0.4, -0.2) is 25.1 Å². The van der Waals surface area contributed by atoms with Crippen LogP contribution in [0.1, 0.15) is 12.0 Å². The number of urea groups is 1. The minimum atomic E-state index is -0.319. The molecule has 6 nitrogen and oxygen atoms in total. The summed E-state index contributed by atoms with van der Waals surface area (Å²) in [5, 5.41) is 9.18. The summed E-state index contributed by atoms with van der Waals surface area (Å²) < 4.78 is 6.42. The van der Waals surface area contributed by atoms with Gasteiger partial charge < -0.3 is 14.9 Å². The summed E-state index contributed by atoms with van der Waals surface area (Å²) in [5.74, 6) is 1.35. The number of hydrogen-bond acceptors (Lipinski definition) is 4. The number of carbonyl (C=O) groups is 1. The third-order valence-electron chi connectivity index (χ3n) is 2.92. The summed E-state index contributed by atoms with van der Waals surface area (Å²) in [6, 6.07) is 3.39. The Kier molecular flexibility index (Phi) is 3.29. The molecule has 0 saturated heterocycles. The molecule has 0 spiro atoms. The lowest BCUT2D eigenvalue weighted by molar-refractivity contribution is 0.173. The van der Waals surface area contributed by atoms with Gasteiger partial charge in [0.25, 0.3) is 0 Å². The Morgan fingerprint density at radius 3 is 2.95 bits per heavy atom. The highest BCUT2D eigenvalue weighted by Crippen LogP contribution is 2.38. The van der Waals surface area contributed by atoms with E-state index in [1.807, 2.05) is 12.1 Å². The number of halogens is 1. The van der Waals surface area contributed by atoms with E-state index in [1.165, 1.54) is 0 Å². The van der Waals surface area contributed by atoms with Gasteiger partial charge in [0.1, 0.15) is 12.4 Å². The number of nitrogens with one attached hydrogen (secondary N) is 2. The van der Waals surface area contributed by atoms with Crippen LogP contribution in [0.4, 0.5) is 10.5 Å². The van der Waals surface area contributed by atoms with Gasteiger partial charge in [-0.15, -0.1) is 0 Å². The summed E-state index contributed by atoms with van der Waals surface area (Å²) >= 11 is 3.43. The van der Waals surface area contributed by atoms with Crippen molar-refractivity contribution < 1.29 is 14.4 Å². The SMILES string of the molecule is O=C(NC1=NOCC1)Nc1ccc(Br)c2c1CCO2. The number of amides is 2. The number of oxime groups is 1. The lowest BCUT2D eigenvalue weighted by atomic mass is 10.1. The zero-order chi connectivity index (χ0) is 13.2. The van der Waals surface area contributed by atoms with Gasteiger partial charge in [0.05, 0.1) is 11.1 Å².